The van der Waals surface area contributed by atoms with Crippen molar-refractivity contribution in [2.45, 2.75) is 26.8 Å². The van der Waals surface area contributed by atoms with Gasteiger partial charge >= 0.3 is 0 Å². The molecule has 0 amide bonds. The zero-order valence-corrected chi connectivity index (χ0v) is 15.2. The van der Waals surface area contributed by atoms with Crippen molar-refractivity contribution >= 4 is 23.0 Å². The number of benzene rings is 2. The molecule has 0 radical (unpaired) electrons. The van der Waals surface area contributed by atoms with Gasteiger partial charge in [-0.2, -0.15) is 0 Å². The van der Waals surface area contributed by atoms with Gasteiger partial charge in [0.2, 0.25) is 0 Å². The molecule has 2 aromatic carbocycles. The number of ether oxygens (including phenoxy) is 1. The predicted molar refractivity (Wildman–Crippen MR) is 106 cm³/mol. The molecule has 0 unspecified atom stereocenters. The third-order valence-corrected chi connectivity index (χ3v) is 3.94. The van der Waals surface area contributed by atoms with Gasteiger partial charge in [-0.05, 0) is 68.4 Å². The molecule has 4 heteroatoms. The van der Waals surface area contributed by atoms with Crippen molar-refractivity contribution in [1.29, 1.82) is 0 Å². The fourth-order valence-corrected chi connectivity index (χ4v) is 2.84. The van der Waals surface area contributed by atoms with Crippen molar-refractivity contribution in [1.82, 2.24) is 5.32 Å². The second-order valence-corrected chi connectivity index (χ2v) is 6.21. The summed E-state index contributed by atoms with van der Waals surface area (Å²) in [6.07, 6.45) is 1.72. The third kappa shape index (κ3) is 5.10. The fraction of sp³-hybridized carbons (Fsp3) is 0.250. The van der Waals surface area contributed by atoms with E-state index in [4.69, 9.17) is 17.0 Å². The van der Waals surface area contributed by atoms with Crippen molar-refractivity contribution < 1.29 is 4.74 Å². The SMILES string of the molecule is C=CCOc1ccc(NC(=S)N[C@@H](C)c2ccc(C)cc2C)cc1. The molecule has 0 aromatic heterocycles. The van der Waals surface area contributed by atoms with Crippen molar-refractivity contribution in [2.75, 3.05) is 11.9 Å². The van der Waals surface area contributed by atoms with Gasteiger partial charge in [0.15, 0.2) is 5.11 Å². The lowest BCUT2D eigenvalue weighted by molar-refractivity contribution is 0.363. The van der Waals surface area contributed by atoms with Gasteiger partial charge in [0.05, 0.1) is 6.04 Å². The number of nitrogens with one attached hydrogen (secondary N) is 2. The quantitative estimate of drug-likeness (QED) is 0.578. The molecule has 2 N–H and O–H groups in total. The molecule has 0 heterocycles. The molecule has 0 spiro atoms. The van der Waals surface area contributed by atoms with Crippen LogP contribution in [0, 0.1) is 13.8 Å². The van der Waals surface area contributed by atoms with Crippen LogP contribution in [0.15, 0.2) is 55.1 Å². The lowest BCUT2D eigenvalue weighted by Crippen LogP contribution is -2.31. The maximum Gasteiger partial charge on any atom is 0.171 e. The number of anilines is 1. The molecule has 0 aliphatic carbocycles. The van der Waals surface area contributed by atoms with Gasteiger partial charge in [0.25, 0.3) is 0 Å². The average molecular weight is 340 g/mol. The Morgan fingerprint density at radius 2 is 1.92 bits per heavy atom. The fourth-order valence-electron chi connectivity index (χ4n) is 2.54. The van der Waals surface area contributed by atoms with Crippen LogP contribution in [-0.4, -0.2) is 11.7 Å². The van der Waals surface area contributed by atoms with E-state index in [2.05, 4.69) is 56.2 Å². The first kappa shape index (κ1) is 18.0. The minimum atomic E-state index is 0.140. The molecular formula is C20H24N2OS. The Balaban J connectivity index is 1.93. The topological polar surface area (TPSA) is 33.3 Å². The van der Waals surface area contributed by atoms with Crippen LogP contribution in [0.4, 0.5) is 5.69 Å². The molecule has 0 bridgehead atoms. The number of hydrogen-bond donors (Lipinski definition) is 2. The number of hydrogen-bond acceptors (Lipinski definition) is 2. The van der Waals surface area contributed by atoms with Crippen LogP contribution >= 0.6 is 12.2 Å². The van der Waals surface area contributed by atoms with E-state index in [9.17, 15) is 0 Å². The molecule has 2 aromatic rings. The van der Waals surface area contributed by atoms with Crippen molar-refractivity contribution in [3.8, 4) is 5.75 Å². The summed E-state index contributed by atoms with van der Waals surface area (Å²) in [7, 11) is 0. The monoisotopic (exact) mass is 340 g/mol. The second kappa shape index (κ2) is 8.50. The first-order valence-corrected chi connectivity index (χ1v) is 8.39. The first-order valence-electron chi connectivity index (χ1n) is 7.98. The molecule has 0 aliphatic heterocycles. The highest BCUT2D eigenvalue weighted by Crippen LogP contribution is 2.19. The minimum absolute atomic E-state index is 0.140. The van der Waals surface area contributed by atoms with Crippen LogP contribution < -0.4 is 15.4 Å². The van der Waals surface area contributed by atoms with Crippen LogP contribution in [0.1, 0.15) is 29.7 Å². The predicted octanol–water partition coefficient (Wildman–Crippen LogP) is 4.92. The highest BCUT2D eigenvalue weighted by atomic mass is 32.1. The molecule has 0 saturated carbocycles. The van der Waals surface area contributed by atoms with Crippen LogP contribution in [0.2, 0.25) is 0 Å². The standard InChI is InChI=1S/C20H24N2OS/c1-5-12-23-18-9-7-17(8-10-18)22-20(24)21-16(4)19-11-6-14(2)13-15(19)3/h5-11,13,16H,1,12H2,2-4H3,(H2,21,22,24)/t16-/m0/s1. The van der Waals surface area contributed by atoms with E-state index in [1.807, 2.05) is 24.3 Å². The summed E-state index contributed by atoms with van der Waals surface area (Å²) in [4.78, 5) is 0. The smallest absolute Gasteiger partial charge is 0.171 e. The normalized spacial score (nSPS) is 11.5. The van der Waals surface area contributed by atoms with E-state index >= 15 is 0 Å². The first-order chi connectivity index (χ1) is 11.5. The van der Waals surface area contributed by atoms with E-state index in [1.54, 1.807) is 6.08 Å². The van der Waals surface area contributed by atoms with E-state index < -0.39 is 0 Å². The van der Waals surface area contributed by atoms with Gasteiger partial charge in [-0.1, -0.05) is 36.4 Å². The molecule has 3 nitrogen and oxygen atoms in total. The van der Waals surface area contributed by atoms with E-state index in [-0.39, 0.29) is 6.04 Å². The minimum Gasteiger partial charge on any atom is -0.490 e. The summed E-state index contributed by atoms with van der Waals surface area (Å²) >= 11 is 5.42. The maximum absolute atomic E-state index is 5.47. The van der Waals surface area contributed by atoms with Gasteiger partial charge in [-0.15, -0.1) is 0 Å². The molecular weight excluding hydrogens is 316 g/mol. The molecule has 2 rings (SSSR count). The number of aryl methyl sites for hydroxylation is 2. The molecule has 24 heavy (non-hydrogen) atoms. The summed E-state index contributed by atoms with van der Waals surface area (Å²) in [5.74, 6) is 0.808. The average Bonchev–Trinajstić information content (AvgIpc) is 2.54. The third-order valence-electron chi connectivity index (χ3n) is 3.72. The molecule has 126 valence electrons. The van der Waals surface area contributed by atoms with E-state index in [0.29, 0.717) is 11.7 Å². The molecule has 0 saturated heterocycles. The maximum atomic E-state index is 5.47. The zero-order valence-electron chi connectivity index (χ0n) is 14.4. The summed E-state index contributed by atoms with van der Waals surface area (Å²) in [6, 6.07) is 14.3. The molecule has 1 atom stereocenters. The number of thiocarbonyl (C=S) groups is 1. The largest absolute Gasteiger partial charge is 0.490 e. The Labute approximate surface area is 149 Å². The summed E-state index contributed by atoms with van der Waals surface area (Å²) < 4.78 is 5.47. The Morgan fingerprint density at radius 1 is 1.21 bits per heavy atom. The van der Waals surface area contributed by atoms with Gasteiger partial charge in [-0.25, -0.2) is 0 Å². The summed E-state index contributed by atoms with van der Waals surface area (Å²) in [6.45, 7) is 10.5. The van der Waals surface area contributed by atoms with Crippen LogP contribution in [0.25, 0.3) is 0 Å². The van der Waals surface area contributed by atoms with Crippen molar-refractivity contribution in [2.24, 2.45) is 0 Å². The van der Waals surface area contributed by atoms with Gasteiger partial charge in [0, 0.05) is 5.69 Å². The summed E-state index contributed by atoms with van der Waals surface area (Å²) in [5.41, 5.74) is 4.70. The highest BCUT2D eigenvalue weighted by molar-refractivity contribution is 7.80. The highest BCUT2D eigenvalue weighted by Gasteiger charge is 2.10. The lowest BCUT2D eigenvalue weighted by Gasteiger charge is -2.19. The Hall–Kier alpha value is -2.33. The van der Waals surface area contributed by atoms with Crippen LogP contribution in [-0.2, 0) is 0 Å². The Morgan fingerprint density at radius 3 is 2.54 bits per heavy atom. The second-order valence-electron chi connectivity index (χ2n) is 5.80. The van der Waals surface area contributed by atoms with Crippen LogP contribution in [0.5, 0.6) is 5.75 Å². The van der Waals surface area contributed by atoms with Crippen molar-refractivity contribution in [3.05, 3.63) is 71.8 Å². The molecule has 0 fully saturated rings. The summed E-state index contributed by atoms with van der Waals surface area (Å²) in [5, 5.41) is 7.13. The molecule has 0 aliphatic rings. The Bertz CT molecular complexity index is 710. The van der Waals surface area contributed by atoms with Gasteiger partial charge in [-0.3, -0.25) is 0 Å². The number of rotatable bonds is 6. The lowest BCUT2D eigenvalue weighted by atomic mass is 10.0. The van der Waals surface area contributed by atoms with Gasteiger partial charge < -0.3 is 15.4 Å². The van der Waals surface area contributed by atoms with Crippen molar-refractivity contribution in [3.63, 3.8) is 0 Å². The Kier molecular flexibility index (Phi) is 6.38. The zero-order chi connectivity index (χ0) is 17.5. The van der Waals surface area contributed by atoms with Gasteiger partial charge in [0.1, 0.15) is 12.4 Å². The van der Waals surface area contributed by atoms with E-state index in [1.165, 1.54) is 16.7 Å². The van der Waals surface area contributed by atoms with E-state index in [0.717, 1.165) is 11.4 Å². The van der Waals surface area contributed by atoms with Crippen LogP contribution in [0.3, 0.4) is 0 Å².